The summed E-state index contributed by atoms with van der Waals surface area (Å²) in [4.78, 5) is 3.57. The summed E-state index contributed by atoms with van der Waals surface area (Å²) in [6, 6.07) is 12.2. The first-order valence-electron chi connectivity index (χ1n) is 8.41. The zero-order valence-electron chi connectivity index (χ0n) is 14.6. The highest BCUT2D eigenvalue weighted by atomic mass is 79.9. The number of rotatable bonds is 7. The Morgan fingerprint density at radius 1 is 1.04 bits per heavy atom. The number of halogens is 1. The first-order valence-corrected chi connectivity index (χ1v) is 9.20. The highest BCUT2D eigenvalue weighted by Gasteiger charge is 2.20. The Morgan fingerprint density at radius 2 is 1.76 bits per heavy atom. The molecule has 5 heteroatoms. The molecule has 0 atom stereocenters. The van der Waals surface area contributed by atoms with E-state index >= 15 is 0 Å². The third-order valence-corrected chi connectivity index (χ3v) is 4.92. The van der Waals surface area contributed by atoms with Crippen molar-refractivity contribution in [2.75, 3.05) is 20.8 Å². The lowest BCUT2D eigenvalue weighted by Crippen LogP contribution is -2.00. The largest absolute Gasteiger partial charge is 0.496 e. The molecule has 0 saturated heterocycles. The second-order valence-corrected chi connectivity index (χ2v) is 6.87. The highest BCUT2D eigenvalue weighted by Crippen LogP contribution is 2.42. The van der Waals surface area contributed by atoms with Gasteiger partial charge in [-0.05, 0) is 61.7 Å². The number of aromatic nitrogens is 1. The van der Waals surface area contributed by atoms with E-state index < -0.39 is 0 Å². The molecule has 0 aliphatic carbocycles. The van der Waals surface area contributed by atoms with Gasteiger partial charge in [0.1, 0.15) is 11.5 Å². The third kappa shape index (κ3) is 3.53. The Kier molecular flexibility index (Phi) is 5.66. The molecule has 0 aliphatic rings. The van der Waals surface area contributed by atoms with Crippen molar-refractivity contribution in [3.05, 3.63) is 46.4 Å². The van der Waals surface area contributed by atoms with Crippen LogP contribution in [0, 0.1) is 0 Å². The molecule has 0 spiro atoms. The summed E-state index contributed by atoms with van der Waals surface area (Å²) < 4.78 is 12.3. The van der Waals surface area contributed by atoms with Crippen LogP contribution in [0.3, 0.4) is 0 Å². The second kappa shape index (κ2) is 7.93. The summed E-state index contributed by atoms with van der Waals surface area (Å²) in [7, 11) is 3.37. The number of methoxy groups -OCH3 is 2. The van der Waals surface area contributed by atoms with E-state index in [0.29, 0.717) is 6.54 Å². The van der Waals surface area contributed by atoms with Crippen LogP contribution in [0.25, 0.3) is 22.2 Å². The average Bonchev–Trinajstić information content (AvgIpc) is 2.98. The Morgan fingerprint density at radius 3 is 2.40 bits per heavy atom. The minimum absolute atomic E-state index is 0.708. The van der Waals surface area contributed by atoms with Crippen molar-refractivity contribution < 1.29 is 9.47 Å². The smallest absolute Gasteiger partial charge is 0.131 e. The zero-order chi connectivity index (χ0) is 17.8. The minimum Gasteiger partial charge on any atom is -0.496 e. The number of ether oxygens (including phenoxy) is 2. The van der Waals surface area contributed by atoms with Crippen molar-refractivity contribution in [1.29, 1.82) is 0 Å². The third-order valence-electron chi connectivity index (χ3n) is 4.43. The lowest BCUT2D eigenvalue weighted by atomic mass is 9.99. The molecule has 132 valence electrons. The standard InChI is InChI=1S/C20H23BrN2O2/c1-24-17-7-5-8-18(25-2)19(17)20-14(6-3-4-11-22)15-12-13(21)9-10-16(15)23-20/h5,7-10,12,23H,3-4,6,11,22H2,1-2H3. The van der Waals surface area contributed by atoms with Gasteiger partial charge in [-0.2, -0.15) is 0 Å². The molecule has 1 heterocycles. The minimum atomic E-state index is 0.708. The molecular weight excluding hydrogens is 380 g/mol. The van der Waals surface area contributed by atoms with Crippen LogP contribution in [-0.2, 0) is 6.42 Å². The Hall–Kier alpha value is -1.98. The normalized spacial score (nSPS) is 11.0. The van der Waals surface area contributed by atoms with E-state index in [1.54, 1.807) is 14.2 Å². The van der Waals surface area contributed by atoms with Crippen molar-refractivity contribution in [2.24, 2.45) is 5.73 Å². The van der Waals surface area contributed by atoms with Crippen molar-refractivity contribution in [3.8, 4) is 22.8 Å². The summed E-state index contributed by atoms with van der Waals surface area (Å²) >= 11 is 3.59. The molecule has 25 heavy (non-hydrogen) atoms. The molecule has 0 unspecified atom stereocenters. The molecule has 0 amide bonds. The van der Waals surface area contributed by atoms with E-state index in [1.807, 2.05) is 24.3 Å². The van der Waals surface area contributed by atoms with Gasteiger partial charge in [0.05, 0.1) is 25.5 Å². The Bertz CT molecular complexity index is 851. The number of benzene rings is 2. The van der Waals surface area contributed by atoms with Gasteiger partial charge in [-0.1, -0.05) is 22.0 Å². The lowest BCUT2D eigenvalue weighted by molar-refractivity contribution is 0.397. The van der Waals surface area contributed by atoms with Gasteiger partial charge in [-0.25, -0.2) is 0 Å². The van der Waals surface area contributed by atoms with Crippen LogP contribution in [0.1, 0.15) is 18.4 Å². The topological polar surface area (TPSA) is 60.3 Å². The maximum Gasteiger partial charge on any atom is 0.131 e. The fourth-order valence-corrected chi connectivity index (χ4v) is 3.60. The number of nitrogens with two attached hydrogens (primary N) is 1. The molecule has 0 bridgehead atoms. The molecule has 0 aliphatic heterocycles. The van der Waals surface area contributed by atoms with E-state index in [4.69, 9.17) is 15.2 Å². The fraction of sp³-hybridized carbons (Fsp3) is 0.300. The number of aromatic amines is 1. The summed E-state index contributed by atoms with van der Waals surface area (Å²) in [5.41, 5.74) is 10.1. The van der Waals surface area contributed by atoms with E-state index in [1.165, 1.54) is 10.9 Å². The van der Waals surface area contributed by atoms with Gasteiger partial charge in [0.2, 0.25) is 0 Å². The maximum atomic E-state index is 5.69. The van der Waals surface area contributed by atoms with Gasteiger partial charge in [0, 0.05) is 15.4 Å². The van der Waals surface area contributed by atoms with Gasteiger partial charge in [0.25, 0.3) is 0 Å². The monoisotopic (exact) mass is 402 g/mol. The van der Waals surface area contributed by atoms with Gasteiger partial charge in [-0.15, -0.1) is 0 Å². The van der Waals surface area contributed by atoms with Crippen LogP contribution in [0.15, 0.2) is 40.9 Å². The predicted octanol–water partition coefficient (Wildman–Crippen LogP) is 4.90. The van der Waals surface area contributed by atoms with E-state index in [9.17, 15) is 0 Å². The number of unbranched alkanes of at least 4 members (excludes halogenated alkanes) is 1. The van der Waals surface area contributed by atoms with E-state index in [2.05, 4.69) is 33.0 Å². The Balaban J connectivity index is 2.23. The van der Waals surface area contributed by atoms with Crippen molar-refractivity contribution in [1.82, 2.24) is 4.98 Å². The van der Waals surface area contributed by atoms with Crippen molar-refractivity contribution in [2.45, 2.75) is 19.3 Å². The van der Waals surface area contributed by atoms with Crippen molar-refractivity contribution in [3.63, 3.8) is 0 Å². The van der Waals surface area contributed by atoms with Gasteiger partial charge >= 0.3 is 0 Å². The summed E-state index contributed by atoms with van der Waals surface area (Å²) in [6.45, 7) is 0.708. The fourth-order valence-electron chi connectivity index (χ4n) is 3.24. The number of aryl methyl sites for hydroxylation is 1. The average molecular weight is 403 g/mol. The second-order valence-electron chi connectivity index (χ2n) is 5.95. The van der Waals surface area contributed by atoms with Crippen LogP contribution < -0.4 is 15.2 Å². The maximum absolute atomic E-state index is 5.69. The van der Waals surface area contributed by atoms with Gasteiger partial charge in [-0.3, -0.25) is 0 Å². The molecule has 2 aromatic carbocycles. The van der Waals surface area contributed by atoms with E-state index in [-0.39, 0.29) is 0 Å². The van der Waals surface area contributed by atoms with Crippen LogP contribution in [0.4, 0.5) is 0 Å². The number of fused-ring (bicyclic) bond motifs is 1. The first kappa shape index (κ1) is 17.8. The van der Waals surface area contributed by atoms with Crippen LogP contribution in [-0.4, -0.2) is 25.7 Å². The van der Waals surface area contributed by atoms with Crippen LogP contribution in [0.2, 0.25) is 0 Å². The summed E-state index contributed by atoms with van der Waals surface area (Å²) in [6.07, 6.45) is 2.99. The van der Waals surface area contributed by atoms with E-state index in [0.717, 1.165) is 52.0 Å². The van der Waals surface area contributed by atoms with Gasteiger partial charge < -0.3 is 20.2 Å². The molecule has 4 nitrogen and oxygen atoms in total. The number of H-pyrrole nitrogens is 1. The Labute approximate surface area is 156 Å². The number of hydrogen-bond acceptors (Lipinski definition) is 3. The molecule has 3 N–H and O–H groups in total. The summed E-state index contributed by atoms with van der Waals surface area (Å²) in [5, 5.41) is 1.22. The number of nitrogens with one attached hydrogen (secondary N) is 1. The molecule has 3 rings (SSSR count). The molecule has 0 fully saturated rings. The summed E-state index contributed by atoms with van der Waals surface area (Å²) in [5.74, 6) is 1.59. The molecular formula is C20H23BrN2O2. The zero-order valence-corrected chi connectivity index (χ0v) is 16.2. The molecule has 3 aromatic rings. The predicted molar refractivity (Wildman–Crippen MR) is 107 cm³/mol. The lowest BCUT2D eigenvalue weighted by Gasteiger charge is -2.14. The van der Waals surface area contributed by atoms with Crippen LogP contribution >= 0.6 is 15.9 Å². The highest BCUT2D eigenvalue weighted by molar-refractivity contribution is 9.10. The SMILES string of the molecule is COc1cccc(OC)c1-c1[nH]c2ccc(Br)cc2c1CCCCN. The van der Waals surface area contributed by atoms with Gasteiger partial charge in [0.15, 0.2) is 0 Å². The van der Waals surface area contributed by atoms with Crippen molar-refractivity contribution >= 4 is 26.8 Å². The first-order chi connectivity index (χ1) is 12.2. The number of hydrogen-bond donors (Lipinski definition) is 2. The van der Waals surface area contributed by atoms with Crippen LogP contribution in [0.5, 0.6) is 11.5 Å². The quantitative estimate of drug-likeness (QED) is 0.552. The molecule has 1 aromatic heterocycles. The molecule has 0 radical (unpaired) electrons. The molecule has 0 saturated carbocycles.